The number of carbonyl (C=O) groups is 1. The zero-order valence-corrected chi connectivity index (χ0v) is 27.0. The van der Waals surface area contributed by atoms with Crippen molar-refractivity contribution in [1.29, 1.82) is 5.41 Å². The lowest BCUT2D eigenvalue weighted by atomic mass is 9.91. The Kier molecular flexibility index (Phi) is 24.6. The molecule has 0 aliphatic rings. The molecule has 1 unspecified atom stereocenters. The lowest BCUT2D eigenvalue weighted by Crippen LogP contribution is -2.38. The van der Waals surface area contributed by atoms with E-state index in [4.69, 9.17) is 10.1 Å². The Balaban J connectivity index is 0. The fourth-order valence-electron chi connectivity index (χ4n) is 3.56. The fraction of sp³-hybridized carbons (Fsp3) is 0.543. The lowest BCUT2D eigenvalue weighted by Gasteiger charge is -2.26. The van der Waals surface area contributed by atoms with E-state index in [0.717, 1.165) is 62.4 Å². The molecule has 3 N–H and O–H groups in total. The molecule has 5 nitrogen and oxygen atoms in total. The average molecular weight is 554 g/mol. The van der Waals surface area contributed by atoms with E-state index in [-0.39, 0.29) is 11.4 Å². The summed E-state index contributed by atoms with van der Waals surface area (Å²) in [6, 6.07) is 15.6. The molecule has 2 rings (SSSR count). The van der Waals surface area contributed by atoms with Gasteiger partial charge in [0.2, 0.25) is 0 Å². The minimum atomic E-state index is -0.0630. The molecule has 1 atom stereocenters. The van der Waals surface area contributed by atoms with E-state index in [0.29, 0.717) is 12.1 Å². The summed E-state index contributed by atoms with van der Waals surface area (Å²) in [6.45, 7) is 22.0. The number of carbonyl (C=O) groups excluding carboxylic acids is 1. The summed E-state index contributed by atoms with van der Waals surface area (Å²) in [6.07, 6.45) is 9.74. The van der Waals surface area contributed by atoms with Gasteiger partial charge in [-0.1, -0.05) is 91.6 Å². The van der Waals surface area contributed by atoms with Gasteiger partial charge in [0.05, 0.1) is 6.61 Å². The van der Waals surface area contributed by atoms with Gasteiger partial charge >= 0.3 is 0 Å². The maximum absolute atomic E-state index is 12.2. The molecular formula is C35H59N3O2. The maximum Gasteiger partial charge on any atom is 0.251 e. The third-order valence-corrected chi connectivity index (χ3v) is 6.02. The number of likely N-dealkylation sites (N-methyl/N-ethyl adjacent to an activating group) is 1. The summed E-state index contributed by atoms with van der Waals surface area (Å²) in [5, 5.41) is 12.7. The number of benzene rings is 2. The Hall–Kier alpha value is -2.92. The van der Waals surface area contributed by atoms with Crippen molar-refractivity contribution in [3.8, 4) is 5.75 Å². The summed E-state index contributed by atoms with van der Waals surface area (Å²) in [4.78, 5) is 12.2. The van der Waals surface area contributed by atoms with Crippen LogP contribution in [-0.2, 0) is 13.0 Å². The third kappa shape index (κ3) is 19.2. The predicted octanol–water partition coefficient (Wildman–Crippen LogP) is 9.02. The van der Waals surface area contributed by atoms with Crippen molar-refractivity contribution >= 4 is 12.1 Å². The van der Waals surface area contributed by atoms with Gasteiger partial charge in [-0.25, -0.2) is 0 Å². The second-order valence-corrected chi connectivity index (χ2v) is 10.0. The second kappa shape index (κ2) is 25.1. The van der Waals surface area contributed by atoms with Crippen molar-refractivity contribution in [2.45, 2.75) is 106 Å². The molecule has 0 saturated heterocycles. The number of amides is 1. The predicted molar refractivity (Wildman–Crippen MR) is 176 cm³/mol. The Morgan fingerprint density at radius 3 is 2.10 bits per heavy atom. The highest BCUT2D eigenvalue weighted by Gasteiger charge is 2.17. The largest absolute Gasteiger partial charge is 0.494 e. The van der Waals surface area contributed by atoms with Crippen molar-refractivity contribution in [2.24, 2.45) is 5.92 Å². The molecular weight excluding hydrogens is 494 g/mol. The third-order valence-electron chi connectivity index (χ3n) is 6.02. The van der Waals surface area contributed by atoms with Crippen molar-refractivity contribution in [1.82, 2.24) is 10.6 Å². The lowest BCUT2D eigenvalue weighted by molar-refractivity contribution is 0.0951. The summed E-state index contributed by atoms with van der Waals surface area (Å²) in [5.74, 6) is 1.47. The molecule has 40 heavy (non-hydrogen) atoms. The van der Waals surface area contributed by atoms with Crippen LogP contribution in [0.2, 0.25) is 0 Å². The van der Waals surface area contributed by atoms with E-state index >= 15 is 0 Å². The minimum absolute atomic E-state index is 0.0630. The van der Waals surface area contributed by atoms with E-state index in [1.165, 1.54) is 11.8 Å². The summed E-state index contributed by atoms with van der Waals surface area (Å²) >= 11 is 0. The van der Waals surface area contributed by atoms with E-state index < -0.39 is 0 Å². The number of hydrogen-bond acceptors (Lipinski definition) is 4. The highest BCUT2D eigenvalue weighted by atomic mass is 16.5. The van der Waals surface area contributed by atoms with E-state index in [2.05, 4.69) is 70.9 Å². The monoisotopic (exact) mass is 553 g/mol. The van der Waals surface area contributed by atoms with Crippen molar-refractivity contribution in [2.75, 3.05) is 13.7 Å². The first-order valence-corrected chi connectivity index (χ1v) is 15.1. The Labute approximate surface area is 246 Å². The average Bonchev–Trinajstić information content (AvgIpc) is 2.98. The fourth-order valence-corrected chi connectivity index (χ4v) is 3.56. The zero-order valence-electron chi connectivity index (χ0n) is 27.0. The van der Waals surface area contributed by atoms with Gasteiger partial charge in [-0.2, -0.15) is 0 Å². The number of ether oxygens (including phenoxy) is 1. The van der Waals surface area contributed by atoms with Gasteiger partial charge in [0.1, 0.15) is 5.75 Å². The summed E-state index contributed by atoms with van der Waals surface area (Å²) < 4.78 is 5.60. The van der Waals surface area contributed by atoms with Crippen molar-refractivity contribution in [3.05, 3.63) is 77.9 Å². The molecule has 0 aliphatic heterocycles. The number of hydrogen-bond donors (Lipinski definition) is 3. The summed E-state index contributed by atoms with van der Waals surface area (Å²) in [7, 11) is 1.98. The van der Waals surface area contributed by atoms with E-state index in [9.17, 15) is 4.79 Å². The van der Waals surface area contributed by atoms with Crippen molar-refractivity contribution in [3.63, 3.8) is 0 Å². The molecule has 0 heterocycles. The first-order chi connectivity index (χ1) is 19.2. The van der Waals surface area contributed by atoms with Crippen LogP contribution in [0.4, 0.5) is 0 Å². The zero-order chi connectivity index (χ0) is 30.8. The van der Waals surface area contributed by atoms with Gasteiger partial charge in [0.15, 0.2) is 0 Å². The molecule has 2 aromatic rings. The molecule has 0 aromatic heterocycles. The Bertz CT molecular complexity index is 909. The molecule has 1 amide bonds. The Morgan fingerprint density at radius 1 is 1.05 bits per heavy atom. The van der Waals surface area contributed by atoms with Crippen LogP contribution < -0.4 is 15.4 Å². The smallest absolute Gasteiger partial charge is 0.251 e. The molecule has 5 heteroatoms. The van der Waals surface area contributed by atoms with Gasteiger partial charge < -0.3 is 20.8 Å². The number of unbranched alkanes of at least 4 members (excludes halogenated alkanes) is 2. The standard InChI is InChI=1S/C20H25NO2.C9H19N.C4H9N.C2H6/c1-3-5-13-23-19-11-9-18(10-12-19)20(22)21-15-17-8-6-7-16(4-2)14-17;1-6-9(4,10-5)7-8(2)3;1-2-3-4-5;1-2/h6-12,14H,3-5,13,15H2,1-2H3,(H,21,22);6,8,10H,1,7H2,2-5H3;4-5H,2-3H2,1H3;1-2H3. The highest BCUT2D eigenvalue weighted by Crippen LogP contribution is 2.16. The molecule has 226 valence electrons. The topological polar surface area (TPSA) is 74.2 Å². The second-order valence-electron chi connectivity index (χ2n) is 10.0. The van der Waals surface area contributed by atoms with Gasteiger partial charge in [-0.15, -0.1) is 6.58 Å². The van der Waals surface area contributed by atoms with Gasteiger partial charge in [-0.3, -0.25) is 4.79 Å². The van der Waals surface area contributed by atoms with Crippen LogP contribution in [0.3, 0.4) is 0 Å². The number of nitrogens with one attached hydrogen (secondary N) is 3. The molecule has 0 fully saturated rings. The molecule has 0 spiro atoms. The number of rotatable bonds is 14. The van der Waals surface area contributed by atoms with Crippen LogP contribution in [0.1, 0.15) is 109 Å². The molecule has 0 radical (unpaired) electrons. The highest BCUT2D eigenvalue weighted by molar-refractivity contribution is 5.94. The van der Waals surface area contributed by atoms with E-state index in [1.807, 2.05) is 51.2 Å². The van der Waals surface area contributed by atoms with Crippen LogP contribution in [0, 0.1) is 11.3 Å². The first kappa shape index (κ1) is 39.2. The SMILES string of the molecule is C=CC(C)(CC(C)C)NC.CC.CCCC=N.CCCCOc1ccc(C(=O)NCc2cccc(CC)c2)cc1. The normalized spacial score (nSPS) is 11.2. The first-order valence-electron chi connectivity index (χ1n) is 15.1. The van der Waals surface area contributed by atoms with Gasteiger partial charge in [0, 0.05) is 17.6 Å². The molecule has 0 aliphatic carbocycles. The summed E-state index contributed by atoms with van der Waals surface area (Å²) in [5.41, 5.74) is 3.18. The van der Waals surface area contributed by atoms with E-state index in [1.54, 1.807) is 12.1 Å². The molecule has 0 bridgehead atoms. The quantitative estimate of drug-likeness (QED) is 0.124. The minimum Gasteiger partial charge on any atom is -0.494 e. The van der Waals surface area contributed by atoms with Crippen LogP contribution in [0.15, 0.2) is 61.2 Å². The maximum atomic E-state index is 12.2. The van der Waals surface area contributed by atoms with Gasteiger partial charge in [-0.05, 0) is 87.2 Å². The Morgan fingerprint density at radius 2 is 1.68 bits per heavy atom. The van der Waals surface area contributed by atoms with Gasteiger partial charge in [0.25, 0.3) is 5.91 Å². The van der Waals surface area contributed by atoms with Crippen LogP contribution in [0.5, 0.6) is 5.75 Å². The van der Waals surface area contributed by atoms with Crippen LogP contribution >= 0.6 is 0 Å². The van der Waals surface area contributed by atoms with Crippen LogP contribution in [0.25, 0.3) is 0 Å². The molecule has 0 saturated carbocycles. The number of aryl methyl sites for hydroxylation is 1. The van der Waals surface area contributed by atoms with Crippen molar-refractivity contribution < 1.29 is 9.53 Å². The molecule has 2 aromatic carbocycles. The van der Waals surface area contributed by atoms with Crippen LogP contribution in [-0.4, -0.2) is 31.3 Å².